The average Bonchev–Trinajstić information content (AvgIpc) is 2.59. The molecule has 0 aromatic heterocycles. The molecular weight excluding hydrogens is 336 g/mol. The summed E-state index contributed by atoms with van der Waals surface area (Å²) in [6, 6.07) is 0. The van der Waals surface area contributed by atoms with Crippen molar-refractivity contribution < 1.29 is 29.0 Å². The SMILES string of the molecule is CCC(C)C(C(=O)OOC(=O)C(C(=O)C(C)C)C(C)CC)C(=O)C(C)C. The maximum absolute atomic E-state index is 12.4. The predicted octanol–water partition coefficient (Wildman–Crippen LogP) is 3.76. The van der Waals surface area contributed by atoms with Crippen molar-refractivity contribution in [2.24, 2.45) is 35.5 Å². The van der Waals surface area contributed by atoms with Crippen molar-refractivity contribution in [3.8, 4) is 0 Å². The van der Waals surface area contributed by atoms with Crippen LogP contribution in [-0.4, -0.2) is 23.5 Å². The van der Waals surface area contributed by atoms with E-state index in [9.17, 15) is 19.2 Å². The van der Waals surface area contributed by atoms with Gasteiger partial charge in [-0.3, -0.25) is 9.59 Å². The zero-order valence-corrected chi connectivity index (χ0v) is 17.3. The minimum Gasteiger partial charge on any atom is -0.298 e. The summed E-state index contributed by atoms with van der Waals surface area (Å²) < 4.78 is 0. The van der Waals surface area contributed by atoms with Crippen LogP contribution < -0.4 is 0 Å². The van der Waals surface area contributed by atoms with Crippen molar-refractivity contribution in [2.75, 3.05) is 0 Å². The molecule has 4 atom stereocenters. The lowest BCUT2D eigenvalue weighted by Gasteiger charge is -2.23. The first-order chi connectivity index (χ1) is 12.0. The molecule has 0 aliphatic carbocycles. The van der Waals surface area contributed by atoms with Gasteiger partial charge in [0.2, 0.25) is 0 Å². The first-order valence-electron chi connectivity index (χ1n) is 9.48. The summed E-state index contributed by atoms with van der Waals surface area (Å²) in [7, 11) is 0. The highest BCUT2D eigenvalue weighted by atomic mass is 17.2. The van der Waals surface area contributed by atoms with Crippen LogP contribution in [0.15, 0.2) is 0 Å². The molecule has 0 heterocycles. The van der Waals surface area contributed by atoms with Crippen molar-refractivity contribution >= 4 is 23.5 Å². The van der Waals surface area contributed by atoms with E-state index in [4.69, 9.17) is 9.78 Å². The van der Waals surface area contributed by atoms with E-state index in [0.29, 0.717) is 12.8 Å². The van der Waals surface area contributed by atoms with Gasteiger partial charge in [0.05, 0.1) is 0 Å². The smallest absolute Gasteiger partial charge is 0.298 e. The number of carbonyl (C=O) groups excluding carboxylic acids is 4. The second-order valence-electron chi connectivity index (χ2n) is 7.65. The Hall–Kier alpha value is -1.72. The summed E-state index contributed by atoms with van der Waals surface area (Å²) in [6.45, 7) is 14.1. The maximum Gasteiger partial charge on any atom is 0.366 e. The van der Waals surface area contributed by atoms with E-state index in [-0.39, 0.29) is 35.2 Å². The molecule has 0 spiro atoms. The second-order valence-corrected chi connectivity index (χ2v) is 7.65. The minimum absolute atomic E-state index is 0.237. The third kappa shape index (κ3) is 6.54. The molecule has 26 heavy (non-hydrogen) atoms. The van der Waals surface area contributed by atoms with Crippen molar-refractivity contribution in [2.45, 2.75) is 68.2 Å². The van der Waals surface area contributed by atoms with Crippen LogP contribution in [0.3, 0.4) is 0 Å². The molecule has 0 N–H and O–H groups in total. The molecule has 0 bridgehead atoms. The van der Waals surface area contributed by atoms with E-state index in [1.807, 2.05) is 13.8 Å². The molecular formula is C20H34O6. The van der Waals surface area contributed by atoms with E-state index in [1.165, 1.54) is 0 Å². The number of Topliss-reactive ketones (excluding diaryl/α,β-unsaturated/α-hetero) is 2. The normalized spacial score (nSPS) is 15.9. The van der Waals surface area contributed by atoms with E-state index in [2.05, 4.69) is 0 Å². The Morgan fingerprint density at radius 2 is 0.885 bits per heavy atom. The van der Waals surface area contributed by atoms with Crippen molar-refractivity contribution in [1.29, 1.82) is 0 Å². The largest absolute Gasteiger partial charge is 0.366 e. The Kier molecular flexibility index (Phi) is 10.4. The van der Waals surface area contributed by atoms with E-state index in [0.717, 1.165) is 0 Å². The monoisotopic (exact) mass is 370 g/mol. The van der Waals surface area contributed by atoms with Crippen LogP contribution in [0.2, 0.25) is 0 Å². The van der Waals surface area contributed by atoms with Crippen LogP contribution >= 0.6 is 0 Å². The van der Waals surface area contributed by atoms with E-state index < -0.39 is 23.8 Å². The van der Waals surface area contributed by atoms with Crippen LogP contribution in [0, 0.1) is 35.5 Å². The van der Waals surface area contributed by atoms with Gasteiger partial charge < -0.3 is 0 Å². The van der Waals surface area contributed by atoms with Gasteiger partial charge in [-0.05, 0) is 11.8 Å². The third-order valence-electron chi connectivity index (χ3n) is 4.89. The van der Waals surface area contributed by atoms with Gasteiger partial charge in [-0.25, -0.2) is 19.4 Å². The number of hydrogen-bond acceptors (Lipinski definition) is 6. The van der Waals surface area contributed by atoms with Gasteiger partial charge in [-0.2, -0.15) is 0 Å². The first kappa shape index (κ1) is 24.3. The van der Waals surface area contributed by atoms with E-state index in [1.54, 1.807) is 41.5 Å². The first-order valence-corrected chi connectivity index (χ1v) is 9.48. The quantitative estimate of drug-likeness (QED) is 0.330. The average molecular weight is 370 g/mol. The van der Waals surface area contributed by atoms with Gasteiger partial charge in [-0.1, -0.05) is 68.2 Å². The second kappa shape index (κ2) is 11.1. The van der Waals surface area contributed by atoms with Crippen LogP contribution in [0.4, 0.5) is 0 Å². The molecule has 0 radical (unpaired) electrons. The highest BCUT2D eigenvalue weighted by molar-refractivity contribution is 6.01. The van der Waals surface area contributed by atoms with E-state index >= 15 is 0 Å². The molecule has 6 heteroatoms. The van der Waals surface area contributed by atoms with Gasteiger partial charge in [0.1, 0.15) is 23.4 Å². The lowest BCUT2D eigenvalue weighted by atomic mass is 9.84. The van der Waals surface area contributed by atoms with Crippen molar-refractivity contribution in [3.05, 3.63) is 0 Å². The molecule has 0 fully saturated rings. The summed E-state index contributed by atoms with van der Waals surface area (Å²) in [5.74, 6) is -5.41. The van der Waals surface area contributed by atoms with Gasteiger partial charge in [0.25, 0.3) is 0 Å². The van der Waals surface area contributed by atoms with Gasteiger partial charge >= 0.3 is 11.9 Å². The summed E-state index contributed by atoms with van der Waals surface area (Å²) >= 11 is 0. The van der Waals surface area contributed by atoms with Gasteiger partial charge in [0, 0.05) is 11.8 Å². The lowest BCUT2D eigenvalue weighted by molar-refractivity contribution is -0.266. The number of carbonyl (C=O) groups is 4. The Balaban J connectivity index is 5.20. The highest BCUT2D eigenvalue weighted by Crippen LogP contribution is 2.24. The molecule has 6 nitrogen and oxygen atoms in total. The van der Waals surface area contributed by atoms with Crippen LogP contribution in [0.5, 0.6) is 0 Å². The molecule has 0 aliphatic heterocycles. The predicted molar refractivity (Wildman–Crippen MR) is 97.8 cm³/mol. The van der Waals surface area contributed by atoms with Gasteiger partial charge in [-0.15, -0.1) is 0 Å². The summed E-state index contributed by atoms with van der Waals surface area (Å²) in [6.07, 6.45) is 1.21. The maximum atomic E-state index is 12.4. The lowest BCUT2D eigenvalue weighted by Crippen LogP contribution is -2.37. The molecule has 0 amide bonds. The molecule has 0 aliphatic rings. The van der Waals surface area contributed by atoms with Gasteiger partial charge in [0.15, 0.2) is 0 Å². The van der Waals surface area contributed by atoms with Crippen LogP contribution in [0.25, 0.3) is 0 Å². The molecule has 4 unspecified atom stereocenters. The molecule has 0 saturated heterocycles. The summed E-state index contributed by atoms with van der Waals surface area (Å²) in [5.41, 5.74) is 0. The Bertz CT molecular complexity index is 462. The highest BCUT2D eigenvalue weighted by Gasteiger charge is 2.38. The topological polar surface area (TPSA) is 86.7 Å². The number of hydrogen-bond donors (Lipinski definition) is 0. The third-order valence-corrected chi connectivity index (χ3v) is 4.89. The van der Waals surface area contributed by atoms with Crippen molar-refractivity contribution in [1.82, 2.24) is 0 Å². The summed E-state index contributed by atoms with van der Waals surface area (Å²) in [5, 5.41) is 0. The Labute approximate surface area is 156 Å². The Morgan fingerprint density at radius 3 is 1.08 bits per heavy atom. The minimum atomic E-state index is -0.990. The zero-order chi connectivity index (χ0) is 20.6. The fourth-order valence-corrected chi connectivity index (χ4v) is 2.63. The number of ketones is 2. The zero-order valence-electron chi connectivity index (χ0n) is 17.3. The number of rotatable bonds is 10. The fourth-order valence-electron chi connectivity index (χ4n) is 2.63. The fraction of sp³-hybridized carbons (Fsp3) is 0.800. The summed E-state index contributed by atoms with van der Waals surface area (Å²) in [4.78, 5) is 58.8. The Morgan fingerprint density at radius 1 is 0.615 bits per heavy atom. The van der Waals surface area contributed by atoms with Crippen molar-refractivity contribution in [3.63, 3.8) is 0 Å². The standard InChI is InChI=1S/C20H34O6/c1-9-13(7)15(17(21)11(3)4)19(23)25-26-20(24)16(14(8)10-2)18(22)12(5)6/h11-16H,9-10H2,1-8H3. The molecule has 0 saturated carbocycles. The van der Waals surface area contributed by atoms with Crippen LogP contribution in [-0.2, 0) is 29.0 Å². The van der Waals surface area contributed by atoms with Crippen LogP contribution in [0.1, 0.15) is 68.2 Å². The molecule has 150 valence electrons. The molecule has 0 rings (SSSR count). The molecule has 0 aromatic rings. The molecule has 0 aromatic carbocycles.